The molecular weight excluding hydrogens is 240 g/mol. The number of carbonyl (C=O) groups excluding carboxylic acids is 1. The number of hydrogen-bond acceptors (Lipinski definition) is 4. The van der Waals surface area contributed by atoms with Crippen LogP contribution < -0.4 is 16.6 Å². The van der Waals surface area contributed by atoms with Gasteiger partial charge in [0, 0.05) is 12.7 Å². The first-order chi connectivity index (χ1) is 8.97. The molecule has 5 heteroatoms. The molecule has 1 aromatic heterocycles. The van der Waals surface area contributed by atoms with Crippen LogP contribution in [0.4, 0.5) is 5.69 Å². The topological polar surface area (TPSA) is 80.0 Å². The van der Waals surface area contributed by atoms with Gasteiger partial charge < -0.3 is 10.7 Å². The second-order valence-electron chi connectivity index (χ2n) is 5.43. The summed E-state index contributed by atoms with van der Waals surface area (Å²) in [7, 11) is 0. The monoisotopic (exact) mass is 264 g/mol. The predicted molar refractivity (Wildman–Crippen MR) is 77.5 cm³/mol. The number of anilines is 1. The van der Waals surface area contributed by atoms with Gasteiger partial charge >= 0.3 is 0 Å². The average molecular weight is 264 g/mol. The Morgan fingerprint density at radius 3 is 2.47 bits per heavy atom. The highest BCUT2D eigenvalue weighted by Gasteiger charge is 2.19. The molecule has 0 atom stereocenters. The number of carbonyl (C=O) groups is 1. The highest BCUT2D eigenvalue weighted by molar-refractivity contribution is 5.99. The average Bonchev–Trinajstić information content (AvgIpc) is 2.37. The van der Waals surface area contributed by atoms with Crippen LogP contribution in [0, 0.1) is 17.8 Å². The van der Waals surface area contributed by atoms with E-state index < -0.39 is 0 Å². The molecule has 0 spiro atoms. The van der Waals surface area contributed by atoms with Gasteiger partial charge in [0.05, 0.1) is 17.4 Å². The Hall–Kier alpha value is -1.62. The highest BCUT2D eigenvalue weighted by Crippen LogP contribution is 2.20. The lowest BCUT2D eigenvalue weighted by molar-refractivity contribution is 0.0938. The molecule has 4 N–H and O–H groups in total. The Bertz CT molecular complexity index is 410. The van der Waals surface area contributed by atoms with Crippen molar-refractivity contribution in [2.24, 2.45) is 23.6 Å². The first-order valence-corrected chi connectivity index (χ1v) is 6.66. The number of nitrogens with zero attached hydrogens (tertiary/aromatic N) is 1. The van der Waals surface area contributed by atoms with E-state index in [-0.39, 0.29) is 5.91 Å². The van der Waals surface area contributed by atoms with Crippen molar-refractivity contribution in [3.05, 3.63) is 24.0 Å². The zero-order valence-corrected chi connectivity index (χ0v) is 12.1. The normalized spacial score (nSPS) is 11.2. The summed E-state index contributed by atoms with van der Waals surface area (Å²) in [6, 6.07) is 1.66. The van der Waals surface area contributed by atoms with Gasteiger partial charge in [-0.2, -0.15) is 0 Å². The molecule has 0 aliphatic heterocycles. The summed E-state index contributed by atoms with van der Waals surface area (Å²) in [6.07, 6.45) is 3.12. The predicted octanol–water partition coefficient (Wildman–Crippen LogP) is 2.03. The molecule has 0 fully saturated rings. The van der Waals surface area contributed by atoms with Crippen molar-refractivity contribution in [2.45, 2.75) is 27.7 Å². The summed E-state index contributed by atoms with van der Waals surface area (Å²) >= 11 is 0. The second kappa shape index (κ2) is 7.09. The van der Waals surface area contributed by atoms with Crippen LogP contribution in [0.5, 0.6) is 0 Å². The van der Waals surface area contributed by atoms with Crippen molar-refractivity contribution in [1.82, 2.24) is 10.3 Å². The number of nitrogens with one attached hydrogen (secondary N) is 2. The van der Waals surface area contributed by atoms with E-state index in [1.807, 2.05) is 0 Å². The van der Waals surface area contributed by atoms with Crippen LogP contribution in [0.1, 0.15) is 38.1 Å². The molecule has 1 rings (SSSR count). The van der Waals surface area contributed by atoms with Gasteiger partial charge in [0.2, 0.25) is 0 Å². The number of amides is 1. The van der Waals surface area contributed by atoms with E-state index in [0.29, 0.717) is 35.5 Å². The fourth-order valence-electron chi connectivity index (χ4n) is 2.25. The molecule has 19 heavy (non-hydrogen) atoms. The van der Waals surface area contributed by atoms with E-state index in [9.17, 15) is 4.79 Å². The van der Waals surface area contributed by atoms with Crippen LogP contribution in [0.3, 0.4) is 0 Å². The SMILES string of the molecule is CC(C)C(CNC(=O)c1ccncc1NN)C(C)C. The largest absolute Gasteiger partial charge is 0.352 e. The third kappa shape index (κ3) is 4.21. The van der Waals surface area contributed by atoms with Gasteiger partial charge in [-0.25, -0.2) is 0 Å². The van der Waals surface area contributed by atoms with Gasteiger partial charge in [0.25, 0.3) is 5.91 Å². The molecular formula is C14H24N4O. The van der Waals surface area contributed by atoms with Crippen molar-refractivity contribution < 1.29 is 4.79 Å². The Labute approximate surface area is 115 Å². The zero-order chi connectivity index (χ0) is 14.4. The number of hydrogen-bond donors (Lipinski definition) is 3. The molecule has 0 aromatic carbocycles. The fourth-order valence-corrected chi connectivity index (χ4v) is 2.25. The molecule has 0 aliphatic carbocycles. The van der Waals surface area contributed by atoms with E-state index in [4.69, 9.17) is 5.84 Å². The third-order valence-electron chi connectivity index (χ3n) is 3.43. The van der Waals surface area contributed by atoms with Crippen LogP contribution in [-0.4, -0.2) is 17.4 Å². The van der Waals surface area contributed by atoms with Crippen LogP contribution in [0.25, 0.3) is 0 Å². The lowest BCUT2D eigenvalue weighted by Crippen LogP contribution is -2.34. The zero-order valence-electron chi connectivity index (χ0n) is 12.1. The lowest BCUT2D eigenvalue weighted by Gasteiger charge is -2.25. The van der Waals surface area contributed by atoms with Crippen LogP contribution in [0.15, 0.2) is 18.5 Å². The van der Waals surface area contributed by atoms with Crippen LogP contribution in [0.2, 0.25) is 0 Å². The molecule has 1 amide bonds. The van der Waals surface area contributed by atoms with E-state index >= 15 is 0 Å². The Morgan fingerprint density at radius 2 is 1.95 bits per heavy atom. The number of rotatable bonds is 6. The maximum atomic E-state index is 12.1. The first kappa shape index (κ1) is 15.4. The van der Waals surface area contributed by atoms with E-state index in [0.717, 1.165) is 0 Å². The van der Waals surface area contributed by atoms with Crippen LogP contribution in [-0.2, 0) is 0 Å². The van der Waals surface area contributed by atoms with Crippen molar-refractivity contribution in [3.63, 3.8) is 0 Å². The molecule has 0 aliphatic rings. The lowest BCUT2D eigenvalue weighted by atomic mass is 9.85. The van der Waals surface area contributed by atoms with Gasteiger partial charge in [-0.15, -0.1) is 0 Å². The molecule has 1 heterocycles. The number of nitrogen functional groups attached to an aromatic ring is 1. The van der Waals surface area contributed by atoms with Crippen molar-refractivity contribution >= 4 is 11.6 Å². The minimum atomic E-state index is -0.123. The molecule has 0 radical (unpaired) electrons. The smallest absolute Gasteiger partial charge is 0.253 e. The molecule has 0 saturated carbocycles. The Balaban J connectivity index is 2.69. The summed E-state index contributed by atoms with van der Waals surface area (Å²) in [5, 5.41) is 2.97. The fraction of sp³-hybridized carbons (Fsp3) is 0.571. The molecule has 0 bridgehead atoms. The first-order valence-electron chi connectivity index (χ1n) is 6.66. The number of pyridine rings is 1. The van der Waals surface area contributed by atoms with E-state index in [2.05, 4.69) is 43.4 Å². The van der Waals surface area contributed by atoms with Gasteiger partial charge in [-0.1, -0.05) is 27.7 Å². The number of hydrazine groups is 1. The van der Waals surface area contributed by atoms with Crippen molar-refractivity contribution in [3.8, 4) is 0 Å². The quantitative estimate of drug-likeness (QED) is 0.542. The minimum Gasteiger partial charge on any atom is -0.352 e. The van der Waals surface area contributed by atoms with Gasteiger partial charge in [-0.05, 0) is 23.8 Å². The van der Waals surface area contributed by atoms with E-state index in [1.165, 1.54) is 6.20 Å². The van der Waals surface area contributed by atoms with Gasteiger partial charge in [0.15, 0.2) is 0 Å². The number of nitrogens with two attached hydrogens (primary N) is 1. The molecule has 5 nitrogen and oxygen atoms in total. The Morgan fingerprint density at radius 1 is 1.32 bits per heavy atom. The summed E-state index contributed by atoms with van der Waals surface area (Å²) in [4.78, 5) is 16.1. The summed E-state index contributed by atoms with van der Waals surface area (Å²) in [6.45, 7) is 9.37. The van der Waals surface area contributed by atoms with Gasteiger partial charge in [-0.3, -0.25) is 15.6 Å². The standard InChI is InChI=1S/C14H24N4O/c1-9(2)12(10(3)4)7-17-14(19)11-5-6-16-8-13(11)18-15/h5-6,8-10,12,18H,7,15H2,1-4H3,(H,17,19). The Kier molecular flexibility index (Phi) is 5.76. The summed E-state index contributed by atoms with van der Waals surface area (Å²) in [5.74, 6) is 6.77. The van der Waals surface area contributed by atoms with Crippen LogP contribution >= 0.6 is 0 Å². The maximum Gasteiger partial charge on any atom is 0.253 e. The number of aromatic nitrogens is 1. The molecule has 0 unspecified atom stereocenters. The third-order valence-corrected chi connectivity index (χ3v) is 3.43. The molecule has 106 valence electrons. The summed E-state index contributed by atoms with van der Waals surface area (Å²) in [5.41, 5.74) is 3.54. The van der Waals surface area contributed by atoms with Crippen molar-refractivity contribution in [2.75, 3.05) is 12.0 Å². The van der Waals surface area contributed by atoms with Gasteiger partial charge in [0.1, 0.15) is 0 Å². The van der Waals surface area contributed by atoms with Crippen molar-refractivity contribution in [1.29, 1.82) is 0 Å². The minimum absolute atomic E-state index is 0.123. The van der Waals surface area contributed by atoms with E-state index in [1.54, 1.807) is 12.3 Å². The highest BCUT2D eigenvalue weighted by atomic mass is 16.1. The maximum absolute atomic E-state index is 12.1. The molecule has 1 aromatic rings. The second-order valence-corrected chi connectivity index (χ2v) is 5.43. The summed E-state index contributed by atoms with van der Waals surface area (Å²) < 4.78 is 0. The molecule has 0 saturated heterocycles.